The standard InChI is InChI=1S/C54H84O23.C6H14N2O2/c1-22(23(2)71-24(3)57)45(68)70-21-54-26-16-49(4,5)43(42(54)65)73-32(54)17-53(9)25(26)10-11-30-50(6)14-13-31(51(7,20-56)29(50)12-15-52(30,53)8)74-48-40(76-46-36(62)33(59)27(58)19-69-46)38(64)39(41(77-48)44(66)67)75-47-37(63)35(61)34(60)28(18-55)72-47;7-4-2-1-3-5(8)6(9)10/h10,22-23,26-43,46-48,55-56,58-65H,11-21H2,1-9H3,(H,66,67);5H,1-4,7-8H2,(H,9,10)/t22?,23?,26?,27-,28-,29-,30-,31+,32+,33+,34-,35+,36-,37-,38+,39+,40-,41+,42-,43+,46+,47+,48-,50+,51-,52-,53-,54+;5-/m10/s1. The molecule has 4 saturated carbocycles. The summed E-state index contributed by atoms with van der Waals surface area (Å²) >= 11 is 0. The minimum Gasteiger partial charge on any atom is -0.480 e. The van der Waals surface area contributed by atoms with Crippen molar-refractivity contribution >= 4 is 23.9 Å². The largest absolute Gasteiger partial charge is 0.480 e. The number of carbonyl (C=O) groups is 4. The molecule has 9 aliphatic rings. The Morgan fingerprint density at radius 1 is 0.759 bits per heavy atom. The average molecular weight is 1250 g/mol. The summed E-state index contributed by atoms with van der Waals surface area (Å²) in [5, 5.41) is 129. The third kappa shape index (κ3) is 12.3. The molecule has 4 aliphatic heterocycles. The van der Waals surface area contributed by atoms with Crippen LogP contribution in [-0.2, 0) is 61.8 Å². The number of fused-ring (bicyclic) bond motifs is 7. The van der Waals surface area contributed by atoms with Gasteiger partial charge in [0.2, 0.25) is 0 Å². The molecule has 0 aromatic heterocycles. The van der Waals surface area contributed by atoms with Crippen LogP contribution in [0.5, 0.6) is 0 Å². The number of aliphatic carboxylic acids is 2. The second kappa shape index (κ2) is 26.5. The van der Waals surface area contributed by atoms with Crippen molar-refractivity contribution in [2.75, 3.05) is 33.0 Å². The predicted octanol–water partition coefficient (Wildman–Crippen LogP) is -1.06. The number of hydrogen-bond acceptors (Lipinski definition) is 25. The molecular weight excluding hydrogens is 1150 g/mol. The van der Waals surface area contributed by atoms with Crippen LogP contribution in [-0.4, -0.2) is 241 Å². The number of carboxylic acids is 2. The summed E-state index contributed by atoms with van der Waals surface area (Å²) in [6.45, 7) is 16.5. The minimum absolute atomic E-state index is 0.0482. The van der Waals surface area contributed by atoms with Gasteiger partial charge >= 0.3 is 23.9 Å². The normalized spacial score (nSPS) is 47.2. The van der Waals surface area contributed by atoms with Gasteiger partial charge in [0.1, 0.15) is 79.8 Å². The lowest BCUT2D eigenvalue weighted by atomic mass is 9.33. The molecule has 3 unspecified atom stereocenters. The van der Waals surface area contributed by atoms with Crippen LogP contribution >= 0.6 is 0 Å². The number of nitrogens with two attached hydrogens (primary N) is 2. The quantitative estimate of drug-likeness (QED) is 0.0317. The summed E-state index contributed by atoms with van der Waals surface area (Å²) in [4.78, 5) is 48.6. The molecule has 27 heteroatoms. The molecule has 29 atom stereocenters. The van der Waals surface area contributed by atoms with E-state index in [4.69, 9.17) is 59.2 Å². The molecule has 2 bridgehead atoms. The van der Waals surface area contributed by atoms with Gasteiger partial charge in [-0.25, -0.2) is 4.79 Å². The van der Waals surface area contributed by atoms with Gasteiger partial charge in [0, 0.05) is 12.3 Å². The number of aliphatic hydroxyl groups is 10. The van der Waals surface area contributed by atoms with E-state index in [9.17, 15) is 75.3 Å². The van der Waals surface area contributed by atoms with Crippen LogP contribution in [0.4, 0.5) is 0 Å². The summed E-state index contributed by atoms with van der Waals surface area (Å²) in [6.07, 6.45) is -20.7. The molecule has 4 saturated heterocycles. The first-order chi connectivity index (χ1) is 40.6. The zero-order valence-corrected chi connectivity index (χ0v) is 51.4. The average Bonchev–Trinajstić information content (AvgIpc) is 1.67. The summed E-state index contributed by atoms with van der Waals surface area (Å²) in [6, 6.07) is -0.716. The molecule has 87 heavy (non-hydrogen) atoms. The van der Waals surface area contributed by atoms with E-state index in [1.54, 1.807) is 13.8 Å². The van der Waals surface area contributed by atoms with E-state index in [0.717, 1.165) is 12.8 Å². The Labute approximate surface area is 506 Å². The molecule has 0 aromatic carbocycles. The third-order valence-electron chi connectivity index (χ3n) is 22.6. The van der Waals surface area contributed by atoms with Crippen LogP contribution in [0.1, 0.15) is 127 Å². The first-order valence-corrected chi connectivity index (χ1v) is 30.8. The van der Waals surface area contributed by atoms with Gasteiger partial charge < -0.3 is 115 Å². The van der Waals surface area contributed by atoms with Crippen LogP contribution in [0.2, 0.25) is 0 Å². The molecule has 0 aromatic rings. The van der Waals surface area contributed by atoms with Crippen molar-refractivity contribution in [1.82, 2.24) is 0 Å². The van der Waals surface area contributed by atoms with Crippen molar-refractivity contribution in [1.29, 1.82) is 0 Å². The zero-order valence-electron chi connectivity index (χ0n) is 51.4. The number of esters is 2. The zero-order chi connectivity index (χ0) is 64.4. The van der Waals surface area contributed by atoms with E-state index in [1.807, 2.05) is 6.92 Å². The number of unbranched alkanes of at least 4 members (excludes halogenated alkanes) is 1. The van der Waals surface area contributed by atoms with Gasteiger partial charge in [-0.3, -0.25) is 14.4 Å². The Morgan fingerprint density at radius 3 is 2.05 bits per heavy atom. The predicted molar refractivity (Wildman–Crippen MR) is 300 cm³/mol. The number of allylic oxidation sites excluding steroid dienone is 2. The van der Waals surface area contributed by atoms with Crippen LogP contribution in [0.3, 0.4) is 0 Å². The van der Waals surface area contributed by atoms with Crippen LogP contribution in [0.25, 0.3) is 0 Å². The van der Waals surface area contributed by atoms with Gasteiger partial charge in [-0.1, -0.05) is 59.6 Å². The van der Waals surface area contributed by atoms with Crippen LogP contribution in [0, 0.1) is 56.2 Å². The van der Waals surface area contributed by atoms with Gasteiger partial charge in [-0.15, -0.1) is 0 Å². The topological polar surface area (TPSA) is 446 Å². The van der Waals surface area contributed by atoms with Crippen molar-refractivity contribution in [2.45, 2.75) is 249 Å². The maximum absolute atomic E-state index is 13.6. The summed E-state index contributed by atoms with van der Waals surface area (Å²) in [7, 11) is 0. The second-order valence-electron chi connectivity index (χ2n) is 28.0. The van der Waals surface area contributed by atoms with Crippen molar-refractivity contribution in [3.8, 4) is 0 Å². The van der Waals surface area contributed by atoms with E-state index in [2.05, 4.69) is 40.7 Å². The van der Waals surface area contributed by atoms with Crippen molar-refractivity contribution in [2.24, 2.45) is 67.6 Å². The van der Waals surface area contributed by atoms with Crippen molar-refractivity contribution in [3.63, 3.8) is 0 Å². The second-order valence-corrected chi connectivity index (χ2v) is 28.0. The summed E-state index contributed by atoms with van der Waals surface area (Å²) in [5.41, 5.74) is 8.02. The molecule has 498 valence electrons. The number of carbonyl (C=O) groups excluding carboxylic acids is 2. The van der Waals surface area contributed by atoms with E-state index in [0.29, 0.717) is 57.9 Å². The van der Waals surface area contributed by atoms with Gasteiger partial charge in [0.25, 0.3) is 0 Å². The SMILES string of the molecule is CC(=O)OC(C)C(C)C(=O)OC[C@]12C3CC(C)(C)[C@@H](O[C@H]1C[C@]1(C)C3=CC[C@@H]3[C@@]4(C)CC[C@H](O[C@@H]5O[C@H](C(=O)O)[C@@H](O[C@@H]6O[C@H](CO)[C@@H](O)[C@H](O)[C@H]6O)[C@H](O)[C@H]5O[C@@H]5OC[C@@H](O)[C@H](O)[C@H]5O)[C@](C)(CO)[C@@H]4CC[C@]31C)[C@H]2O.NCCCC[C@H](N)C(=O)O. The molecule has 0 spiro atoms. The molecule has 9 rings (SSSR count). The molecule has 5 aliphatic carbocycles. The monoisotopic (exact) mass is 1250 g/mol. The number of ether oxygens (including phenoxy) is 9. The number of rotatable bonds is 19. The summed E-state index contributed by atoms with van der Waals surface area (Å²) in [5.74, 6) is -4.75. The molecule has 8 fully saturated rings. The Balaban J connectivity index is 0.000000900. The first-order valence-electron chi connectivity index (χ1n) is 30.8. The van der Waals surface area contributed by atoms with Crippen molar-refractivity contribution in [3.05, 3.63) is 11.6 Å². The van der Waals surface area contributed by atoms with Gasteiger partial charge in [0.15, 0.2) is 25.0 Å². The highest BCUT2D eigenvalue weighted by molar-refractivity contribution is 5.74. The molecule has 0 amide bonds. The third-order valence-corrected chi connectivity index (χ3v) is 22.6. The molecular formula is C60H98N2O25. The van der Waals surface area contributed by atoms with E-state index >= 15 is 0 Å². The molecule has 27 nitrogen and oxygen atoms in total. The number of carboxylic acid groups (broad SMARTS) is 2. The maximum Gasteiger partial charge on any atom is 0.335 e. The molecule has 16 N–H and O–H groups in total. The lowest BCUT2D eigenvalue weighted by molar-refractivity contribution is -0.387. The minimum atomic E-state index is -2.09. The lowest BCUT2D eigenvalue weighted by Gasteiger charge is -2.71. The highest BCUT2D eigenvalue weighted by atomic mass is 16.8. The Bertz CT molecular complexity index is 2470. The highest BCUT2D eigenvalue weighted by Crippen LogP contribution is 2.77. The van der Waals surface area contributed by atoms with Crippen LogP contribution < -0.4 is 11.5 Å². The molecule has 4 heterocycles. The smallest absolute Gasteiger partial charge is 0.335 e. The summed E-state index contributed by atoms with van der Waals surface area (Å²) < 4.78 is 54.3. The number of hydrogen-bond donors (Lipinski definition) is 14. The Kier molecular flexibility index (Phi) is 21.2. The lowest BCUT2D eigenvalue weighted by Crippen LogP contribution is -2.69. The van der Waals surface area contributed by atoms with E-state index in [-0.39, 0.29) is 36.4 Å². The first kappa shape index (κ1) is 69.7. The van der Waals surface area contributed by atoms with Gasteiger partial charge in [-0.05, 0) is 118 Å². The fourth-order valence-electron chi connectivity index (χ4n) is 17.2. The fraction of sp³-hybridized carbons (Fsp3) is 0.900. The van der Waals surface area contributed by atoms with Gasteiger partial charge in [-0.2, -0.15) is 0 Å². The van der Waals surface area contributed by atoms with Crippen LogP contribution in [0.15, 0.2) is 11.6 Å². The van der Waals surface area contributed by atoms with E-state index in [1.165, 1.54) is 12.5 Å². The highest BCUT2D eigenvalue weighted by Gasteiger charge is 2.76. The number of aliphatic hydroxyl groups excluding tert-OH is 10. The van der Waals surface area contributed by atoms with Crippen molar-refractivity contribution < 1.29 is 123 Å². The van der Waals surface area contributed by atoms with E-state index < -0.39 is 193 Å². The fourth-order valence-corrected chi connectivity index (χ4v) is 17.2. The Hall–Kier alpha value is -3.14. The van der Waals surface area contributed by atoms with Gasteiger partial charge in [0.05, 0.1) is 55.6 Å². The maximum atomic E-state index is 13.6. The molecule has 0 radical (unpaired) electrons. The Morgan fingerprint density at radius 2 is 1.43 bits per heavy atom.